The number of piperidine rings is 1. The summed E-state index contributed by atoms with van der Waals surface area (Å²) in [4.78, 5) is 24.4. The standard InChI is InChI=1S/C16H26N4O2/c1-16(2,3)22-15(21)19(4)12-13-5-9-20(10-6-13)14-11-17-7-8-18-14/h7-8,11,13H,5-6,9-10,12H2,1-4H3. The average Bonchev–Trinajstić information content (AvgIpc) is 2.47. The van der Waals surface area contributed by atoms with Gasteiger partial charge < -0.3 is 14.5 Å². The van der Waals surface area contributed by atoms with Crippen LogP contribution in [0.3, 0.4) is 0 Å². The second kappa shape index (κ2) is 6.94. The molecule has 1 aromatic heterocycles. The molecule has 0 saturated carbocycles. The summed E-state index contributed by atoms with van der Waals surface area (Å²) < 4.78 is 5.39. The van der Waals surface area contributed by atoms with Gasteiger partial charge >= 0.3 is 6.09 Å². The number of aromatic nitrogens is 2. The molecule has 2 rings (SSSR count). The van der Waals surface area contributed by atoms with Gasteiger partial charge in [0, 0.05) is 39.1 Å². The molecule has 1 amide bonds. The minimum atomic E-state index is -0.444. The second-order valence-electron chi connectivity index (χ2n) is 6.85. The Morgan fingerprint density at radius 1 is 1.36 bits per heavy atom. The van der Waals surface area contributed by atoms with Gasteiger partial charge in [0.15, 0.2) is 0 Å². The van der Waals surface area contributed by atoms with Crippen molar-refractivity contribution in [3.05, 3.63) is 18.6 Å². The Hall–Kier alpha value is -1.85. The summed E-state index contributed by atoms with van der Waals surface area (Å²) in [5.74, 6) is 1.44. The third kappa shape index (κ3) is 4.86. The van der Waals surface area contributed by atoms with E-state index >= 15 is 0 Å². The lowest BCUT2D eigenvalue weighted by atomic mass is 9.96. The van der Waals surface area contributed by atoms with Crippen molar-refractivity contribution in [2.75, 3.05) is 31.6 Å². The first-order valence-corrected chi connectivity index (χ1v) is 7.80. The van der Waals surface area contributed by atoms with E-state index in [9.17, 15) is 4.79 Å². The lowest BCUT2D eigenvalue weighted by Gasteiger charge is -2.34. The molecule has 0 bridgehead atoms. The molecule has 1 aliphatic rings. The fourth-order valence-corrected chi connectivity index (χ4v) is 2.60. The predicted molar refractivity (Wildman–Crippen MR) is 85.8 cm³/mol. The molecule has 2 heterocycles. The number of ether oxygens (including phenoxy) is 1. The number of amides is 1. The SMILES string of the molecule is CN(CC1CCN(c2cnccn2)CC1)C(=O)OC(C)(C)C. The molecule has 0 spiro atoms. The maximum atomic E-state index is 12.0. The summed E-state index contributed by atoms with van der Waals surface area (Å²) in [5.41, 5.74) is -0.444. The van der Waals surface area contributed by atoms with Gasteiger partial charge in [-0.05, 0) is 39.5 Å². The molecular weight excluding hydrogens is 280 g/mol. The van der Waals surface area contributed by atoms with Crippen molar-refractivity contribution < 1.29 is 9.53 Å². The molecule has 1 aromatic rings. The van der Waals surface area contributed by atoms with Crippen LogP contribution < -0.4 is 4.90 Å². The van der Waals surface area contributed by atoms with E-state index in [1.807, 2.05) is 27.8 Å². The molecular formula is C16H26N4O2. The van der Waals surface area contributed by atoms with Crippen molar-refractivity contribution in [2.24, 2.45) is 5.92 Å². The number of nitrogens with zero attached hydrogens (tertiary/aromatic N) is 4. The molecule has 0 aromatic carbocycles. The number of hydrogen-bond acceptors (Lipinski definition) is 5. The Morgan fingerprint density at radius 3 is 2.59 bits per heavy atom. The fraction of sp³-hybridized carbons (Fsp3) is 0.688. The van der Waals surface area contributed by atoms with Gasteiger partial charge in [0.25, 0.3) is 0 Å². The maximum Gasteiger partial charge on any atom is 0.410 e. The van der Waals surface area contributed by atoms with Gasteiger partial charge in [0.05, 0.1) is 6.20 Å². The summed E-state index contributed by atoms with van der Waals surface area (Å²) in [6.45, 7) is 8.30. The lowest BCUT2D eigenvalue weighted by Crippen LogP contribution is -2.41. The molecule has 1 aliphatic heterocycles. The van der Waals surface area contributed by atoms with Crippen LogP contribution in [-0.4, -0.2) is 53.2 Å². The molecule has 1 fully saturated rings. The maximum absolute atomic E-state index is 12.0. The van der Waals surface area contributed by atoms with Crippen LogP contribution >= 0.6 is 0 Å². The van der Waals surface area contributed by atoms with E-state index in [2.05, 4.69) is 14.9 Å². The van der Waals surface area contributed by atoms with Gasteiger partial charge in [-0.25, -0.2) is 9.78 Å². The summed E-state index contributed by atoms with van der Waals surface area (Å²) in [7, 11) is 1.81. The van der Waals surface area contributed by atoms with Crippen LogP contribution in [0.2, 0.25) is 0 Å². The van der Waals surface area contributed by atoms with Crippen LogP contribution in [0.15, 0.2) is 18.6 Å². The van der Waals surface area contributed by atoms with Crippen molar-refractivity contribution >= 4 is 11.9 Å². The van der Waals surface area contributed by atoms with Crippen LogP contribution in [0.25, 0.3) is 0 Å². The number of anilines is 1. The van der Waals surface area contributed by atoms with Gasteiger partial charge in [-0.3, -0.25) is 4.98 Å². The first-order valence-electron chi connectivity index (χ1n) is 7.80. The largest absolute Gasteiger partial charge is 0.444 e. The zero-order valence-electron chi connectivity index (χ0n) is 14.0. The van der Waals surface area contributed by atoms with Crippen LogP contribution in [0.4, 0.5) is 10.6 Å². The van der Waals surface area contributed by atoms with Crippen LogP contribution in [0, 0.1) is 5.92 Å². The van der Waals surface area contributed by atoms with E-state index in [1.165, 1.54) is 0 Å². The number of hydrogen-bond donors (Lipinski definition) is 0. The minimum Gasteiger partial charge on any atom is -0.444 e. The monoisotopic (exact) mass is 306 g/mol. The van der Waals surface area contributed by atoms with Gasteiger partial charge in [-0.15, -0.1) is 0 Å². The van der Waals surface area contributed by atoms with Gasteiger partial charge in [-0.1, -0.05) is 0 Å². The Morgan fingerprint density at radius 2 is 2.05 bits per heavy atom. The van der Waals surface area contributed by atoms with Crippen molar-refractivity contribution in [1.82, 2.24) is 14.9 Å². The molecule has 6 nitrogen and oxygen atoms in total. The Bertz CT molecular complexity index is 479. The highest BCUT2D eigenvalue weighted by Crippen LogP contribution is 2.22. The predicted octanol–water partition coefficient (Wildman–Crippen LogP) is 2.56. The molecule has 122 valence electrons. The molecule has 0 N–H and O–H groups in total. The van der Waals surface area contributed by atoms with Crippen LogP contribution in [-0.2, 0) is 4.74 Å². The van der Waals surface area contributed by atoms with E-state index in [1.54, 1.807) is 23.5 Å². The molecule has 0 radical (unpaired) electrons. The van der Waals surface area contributed by atoms with Crippen molar-refractivity contribution in [3.63, 3.8) is 0 Å². The third-order valence-corrected chi connectivity index (χ3v) is 3.73. The fourth-order valence-electron chi connectivity index (χ4n) is 2.60. The molecule has 0 atom stereocenters. The van der Waals surface area contributed by atoms with Crippen LogP contribution in [0.5, 0.6) is 0 Å². The summed E-state index contributed by atoms with van der Waals surface area (Å²) >= 11 is 0. The Balaban J connectivity index is 1.79. The Labute approximate surface area is 132 Å². The average molecular weight is 306 g/mol. The molecule has 1 saturated heterocycles. The quantitative estimate of drug-likeness (QED) is 0.859. The van der Waals surface area contributed by atoms with E-state index in [-0.39, 0.29) is 6.09 Å². The molecule has 0 aliphatic carbocycles. The zero-order valence-corrected chi connectivity index (χ0v) is 14.0. The molecule has 0 unspecified atom stereocenters. The topological polar surface area (TPSA) is 58.6 Å². The first-order chi connectivity index (χ1) is 10.3. The van der Waals surface area contributed by atoms with Gasteiger partial charge in [-0.2, -0.15) is 0 Å². The van der Waals surface area contributed by atoms with Gasteiger partial charge in [0.1, 0.15) is 11.4 Å². The number of rotatable bonds is 3. The smallest absolute Gasteiger partial charge is 0.410 e. The van der Waals surface area contributed by atoms with Crippen molar-refractivity contribution in [2.45, 2.75) is 39.2 Å². The highest BCUT2D eigenvalue weighted by molar-refractivity contribution is 5.67. The van der Waals surface area contributed by atoms with E-state index in [4.69, 9.17) is 4.74 Å². The van der Waals surface area contributed by atoms with Crippen molar-refractivity contribution in [3.8, 4) is 0 Å². The normalized spacial score (nSPS) is 16.5. The first kappa shape index (κ1) is 16.5. The highest BCUT2D eigenvalue weighted by atomic mass is 16.6. The van der Waals surface area contributed by atoms with E-state index < -0.39 is 5.60 Å². The lowest BCUT2D eigenvalue weighted by molar-refractivity contribution is 0.0266. The molecule has 22 heavy (non-hydrogen) atoms. The van der Waals surface area contributed by atoms with Crippen molar-refractivity contribution in [1.29, 1.82) is 0 Å². The zero-order chi connectivity index (χ0) is 16.2. The second-order valence-corrected chi connectivity index (χ2v) is 6.85. The highest BCUT2D eigenvalue weighted by Gasteiger charge is 2.25. The van der Waals surface area contributed by atoms with E-state index in [0.717, 1.165) is 38.3 Å². The van der Waals surface area contributed by atoms with Crippen LogP contribution in [0.1, 0.15) is 33.6 Å². The summed E-state index contributed by atoms with van der Waals surface area (Å²) in [5, 5.41) is 0. The Kier molecular flexibility index (Phi) is 5.21. The minimum absolute atomic E-state index is 0.246. The summed E-state index contributed by atoms with van der Waals surface area (Å²) in [6.07, 6.45) is 7.05. The number of carbonyl (C=O) groups excluding carboxylic acids is 1. The third-order valence-electron chi connectivity index (χ3n) is 3.73. The van der Waals surface area contributed by atoms with E-state index in [0.29, 0.717) is 5.92 Å². The number of carbonyl (C=O) groups is 1. The summed E-state index contributed by atoms with van der Waals surface area (Å²) in [6, 6.07) is 0. The molecule has 6 heteroatoms. The van der Waals surface area contributed by atoms with Gasteiger partial charge in [0.2, 0.25) is 0 Å².